The van der Waals surface area contributed by atoms with E-state index in [0.717, 1.165) is 19.1 Å². The first kappa shape index (κ1) is 23.4. The van der Waals surface area contributed by atoms with Gasteiger partial charge in [-0.1, -0.05) is 23.2 Å². The van der Waals surface area contributed by atoms with Crippen LogP contribution < -0.4 is 15.8 Å². The number of hydrogen-bond donors (Lipinski definition) is 2. The molecule has 1 fully saturated rings. The van der Waals surface area contributed by atoms with Crippen LogP contribution in [0.1, 0.15) is 30.4 Å². The van der Waals surface area contributed by atoms with E-state index < -0.39 is 21.5 Å². The molecule has 5 rings (SSSR count). The lowest BCUT2D eigenvalue weighted by Gasteiger charge is -2.16. The fraction of sp³-hybridized carbons (Fsp3) is 0.238. The third kappa shape index (κ3) is 4.40. The Balaban J connectivity index is 1.47. The molecule has 2 N–H and O–H groups in total. The Bertz CT molecular complexity index is 1650. The summed E-state index contributed by atoms with van der Waals surface area (Å²) in [6.07, 6.45) is 2.80. The second-order valence-electron chi connectivity index (χ2n) is 8.42. The quantitative estimate of drug-likeness (QED) is 0.375. The van der Waals surface area contributed by atoms with Crippen molar-refractivity contribution in [1.82, 2.24) is 19.7 Å². The van der Waals surface area contributed by atoms with Crippen molar-refractivity contribution in [2.45, 2.75) is 30.5 Å². The van der Waals surface area contributed by atoms with Crippen molar-refractivity contribution in [1.29, 1.82) is 0 Å². The molecular weight excluding hydrogens is 521 g/mol. The van der Waals surface area contributed by atoms with Crippen molar-refractivity contribution in [3.8, 4) is 11.5 Å². The molecule has 11 nitrogen and oxygen atoms in total. The van der Waals surface area contributed by atoms with Gasteiger partial charge in [0.15, 0.2) is 5.75 Å². The van der Waals surface area contributed by atoms with Crippen molar-refractivity contribution in [2.75, 3.05) is 11.6 Å². The maximum Gasteiger partial charge on any atom is 0.439 e. The molecular formula is C21H17Cl2N5O6S. The predicted octanol–water partition coefficient (Wildman–Crippen LogP) is 3.98. The Hall–Kier alpha value is -3.35. The summed E-state index contributed by atoms with van der Waals surface area (Å²) in [5, 5.41) is 6.01. The fourth-order valence-corrected chi connectivity index (χ4v) is 5.12. The van der Waals surface area contributed by atoms with Gasteiger partial charge in [-0.15, -0.1) is 0 Å². The topological polar surface area (TPSA) is 149 Å². The number of hydrogen-bond acceptors (Lipinski definition) is 8. The van der Waals surface area contributed by atoms with Gasteiger partial charge in [0.2, 0.25) is 20.8 Å². The van der Waals surface area contributed by atoms with Gasteiger partial charge in [-0.05, 0) is 49.2 Å². The van der Waals surface area contributed by atoms with Gasteiger partial charge in [-0.25, -0.2) is 18.2 Å². The molecule has 4 aromatic rings. The van der Waals surface area contributed by atoms with Crippen LogP contribution >= 0.6 is 23.2 Å². The Morgan fingerprint density at radius 2 is 1.91 bits per heavy atom. The number of rotatable bonds is 6. The number of halogens is 2. The molecule has 2 aromatic carbocycles. The Morgan fingerprint density at radius 1 is 1.23 bits per heavy atom. The van der Waals surface area contributed by atoms with Crippen LogP contribution in [0.15, 0.2) is 44.8 Å². The van der Waals surface area contributed by atoms with Crippen LogP contribution in [-0.2, 0) is 15.4 Å². The minimum atomic E-state index is -3.55. The molecule has 182 valence electrons. The molecule has 0 saturated heterocycles. The van der Waals surface area contributed by atoms with E-state index >= 15 is 0 Å². The molecule has 35 heavy (non-hydrogen) atoms. The summed E-state index contributed by atoms with van der Waals surface area (Å²) in [7, 11) is -3.55. The average Bonchev–Trinajstić information content (AvgIpc) is 3.18. The number of fused-ring (bicyclic) bond motifs is 1. The van der Waals surface area contributed by atoms with E-state index in [1.165, 1.54) is 12.1 Å². The van der Waals surface area contributed by atoms with Gasteiger partial charge in [-0.2, -0.15) is 0 Å². The summed E-state index contributed by atoms with van der Waals surface area (Å²) < 4.78 is 36.7. The van der Waals surface area contributed by atoms with E-state index in [9.17, 15) is 18.0 Å². The van der Waals surface area contributed by atoms with Gasteiger partial charge in [-0.3, -0.25) is 14.3 Å². The zero-order valence-electron chi connectivity index (χ0n) is 18.3. The first-order chi connectivity index (χ1) is 16.4. The lowest BCUT2D eigenvalue weighted by molar-refractivity contribution is 0.101. The van der Waals surface area contributed by atoms with Crippen molar-refractivity contribution in [3.05, 3.63) is 56.8 Å². The number of carbonyl (C=O) groups is 1. The highest BCUT2D eigenvalue weighted by atomic mass is 35.5. The average molecular weight is 538 g/mol. The van der Waals surface area contributed by atoms with Crippen LogP contribution in [0.5, 0.6) is 11.5 Å². The molecule has 0 aliphatic heterocycles. The summed E-state index contributed by atoms with van der Waals surface area (Å²) in [6, 6.07) is 7.80. The van der Waals surface area contributed by atoms with Crippen LogP contribution in [-0.4, -0.2) is 40.3 Å². The number of sulfone groups is 1. The largest absolute Gasteiger partial charge is 0.454 e. The van der Waals surface area contributed by atoms with E-state index in [0.29, 0.717) is 16.8 Å². The SMILES string of the molecule is CC1(n2c(S(C)(=O)=O)nc3ccc(Oc4c(Cl)cc(NC(=O)c5noc(=O)[nH]5)cc4Cl)cc32)CC1. The Kier molecular flexibility index (Phi) is 5.42. The van der Waals surface area contributed by atoms with E-state index in [1.54, 1.807) is 22.8 Å². The molecule has 0 bridgehead atoms. The summed E-state index contributed by atoms with van der Waals surface area (Å²) in [5.74, 6) is -1.42. The summed E-state index contributed by atoms with van der Waals surface area (Å²) in [4.78, 5) is 29.7. The molecule has 1 aliphatic carbocycles. The molecule has 1 saturated carbocycles. The maximum absolute atomic E-state index is 12.4. The van der Waals surface area contributed by atoms with Gasteiger partial charge >= 0.3 is 5.76 Å². The van der Waals surface area contributed by atoms with Crippen molar-refractivity contribution >= 4 is 55.7 Å². The van der Waals surface area contributed by atoms with Crippen molar-refractivity contribution < 1.29 is 22.5 Å². The van der Waals surface area contributed by atoms with Gasteiger partial charge in [0.25, 0.3) is 5.91 Å². The number of H-pyrrole nitrogens is 1. The number of imidazole rings is 1. The smallest absolute Gasteiger partial charge is 0.439 e. The number of carbonyl (C=O) groups excluding carboxylic acids is 1. The van der Waals surface area contributed by atoms with Gasteiger partial charge in [0.1, 0.15) is 5.75 Å². The lowest BCUT2D eigenvalue weighted by Crippen LogP contribution is -2.18. The normalized spacial score (nSPS) is 14.7. The second-order valence-corrected chi connectivity index (χ2v) is 11.1. The number of ether oxygens (including phenoxy) is 1. The third-order valence-corrected chi connectivity index (χ3v) is 7.07. The number of aromatic amines is 1. The molecule has 0 unspecified atom stereocenters. The number of nitrogens with zero attached hydrogens (tertiary/aromatic N) is 3. The molecule has 2 aromatic heterocycles. The minimum Gasteiger partial charge on any atom is -0.454 e. The molecule has 14 heteroatoms. The highest BCUT2D eigenvalue weighted by Gasteiger charge is 2.43. The van der Waals surface area contributed by atoms with Crippen LogP contribution in [0, 0.1) is 0 Å². The zero-order chi connectivity index (χ0) is 25.1. The molecule has 2 heterocycles. The van der Waals surface area contributed by atoms with Crippen molar-refractivity contribution in [2.24, 2.45) is 0 Å². The minimum absolute atomic E-state index is 0.00858. The first-order valence-electron chi connectivity index (χ1n) is 10.2. The highest BCUT2D eigenvalue weighted by molar-refractivity contribution is 7.90. The monoisotopic (exact) mass is 537 g/mol. The summed E-state index contributed by atoms with van der Waals surface area (Å²) in [5.41, 5.74) is 1.02. The molecule has 1 amide bonds. The molecule has 1 aliphatic rings. The molecule has 0 spiro atoms. The summed E-state index contributed by atoms with van der Waals surface area (Å²) in [6.45, 7) is 1.98. The number of anilines is 1. The Morgan fingerprint density at radius 3 is 2.49 bits per heavy atom. The predicted molar refractivity (Wildman–Crippen MR) is 127 cm³/mol. The van der Waals surface area contributed by atoms with E-state index in [1.807, 2.05) is 6.92 Å². The van der Waals surface area contributed by atoms with Gasteiger partial charge in [0, 0.05) is 23.5 Å². The van der Waals surface area contributed by atoms with Crippen LogP contribution in [0.3, 0.4) is 0 Å². The van der Waals surface area contributed by atoms with Crippen molar-refractivity contribution in [3.63, 3.8) is 0 Å². The molecule has 0 atom stereocenters. The van der Waals surface area contributed by atoms with Crippen LogP contribution in [0.4, 0.5) is 5.69 Å². The fourth-order valence-electron chi connectivity index (χ4n) is 3.64. The lowest BCUT2D eigenvalue weighted by atomic mass is 10.2. The van der Waals surface area contributed by atoms with Gasteiger partial charge < -0.3 is 14.6 Å². The Labute approximate surface area is 207 Å². The van der Waals surface area contributed by atoms with E-state index in [2.05, 4.69) is 25.0 Å². The molecule has 0 radical (unpaired) electrons. The number of aromatic nitrogens is 4. The van der Waals surface area contributed by atoms with Crippen LogP contribution in [0.25, 0.3) is 11.0 Å². The van der Waals surface area contributed by atoms with E-state index in [4.69, 9.17) is 27.9 Å². The number of amides is 1. The van der Waals surface area contributed by atoms with Crippen LogP contribution in [0.2, 0.25) is 10.0 Å². The standard InChI is InChI=1S/C21H17Cl2N5O6S/c1-21(5-6-21)28-15-9-11(3-4-14(15)25-19(28)35(2,31)32)33-16-12(22)7-10(8-13(16)23)24-18(29)17-26-20(30)34-27-17/h3-4,7-9H,5-6H2,1-2H3,(H,24,29)(H,26,27,30). The number of benzene rings is 2. The van der Waals surface area contributed by atoms with E-state index in [-0.39, 0.29) is 38.0 Å². The second kappa shape index (κ2) is 8.11. The maximum atomic E-state index is 12.4. The number of nitrogens with one attached hydrogen (secondary N) is 2. The van der Waals surface area contributed by atoms with Gasteiger partial charge in [0.05, 0.1) is 21.1 Å². The highest BCUT2D eigenvalue weighted by Crippen LogP contribution is 2.47. The summed E-state index contributed by atoms with van der Waals surface area (Å²) >= 11 is 12.7. The first-order valence-corrected chi connectivity index (χ1v) is 12.9. The third-order valence-electron chi connectivity index (χ3n) is 5.57. The zero-order valence-corrected chi connectivity index (χ0v) is 20.6.